The predicted octanol–water partition coefficient (Wildman–Crippen LogP) is 4.08. The van der Waals surface area contributed by atoms with Crippen molar-refractivity contribution in [2.75, 3.05) is 19.6 Å². The van der Waals surface area contributed by atoms with Crippen molar-refractivity contribution in [2.24, 2.45) is 0 Å². The molecular weight excluding hydrogens is 456 g/mol. The van der Waals surface area contributed by atoms with Crippen molar-refractivity contribution in [3.8, 4) is 0 Å². The summed E-state index contributed by atoms with van der Waals surface area (Å²) in [6.45, 7) is 2.05. The topological polar surface area (TPSA) is 74.8 Å². The van der Waals surface area contributed by atoms with Crippen molar-refractivity contribution in [3.63, 3.8) is 0 Å². The van der Waals surface area contributed by atoms with Crippen LogP contribution in [-0.2, 0) is 20.0 Å². The third-order valence-corrected chi connectivity index (χ3v) is 10.1. The molecule has 1 saturated heterocycles. The summed E-state index contributed by atoms with van der Waals surface area (Å²) in [5, 5.41) is 3.64. The molecular formula is C25H24N2O4S2. The predicted molar refractivity (Wildman–Crippen MR) is 130 cm³/mol. The molecule has 8 heteroatoms. The van der Waals surface area contributed by atoms with Gasteiger partial charge in [-0.3, -0.25) is 0 Å². The highest BCUT2D eigenvalue weighted by atomic mass is 32.2. The van der Waals surface area contributed by atoms with Crippen LogP contribution < -0.4 is 0 Å². The van der Waals surface area contributed by atoms with E-state index in [1.54, 1.807) is 43.3 Å². The fourth-order valence-corrected chi connectivity index (χ4v) is 7.62. The maximum atomic E-state index is 13.4. The maximum Gasteiger partial charge on any atom is 0.243 e. The fraction of sp³-hybridized carbons (Fsp3) is 0.200. The van der Waals surface area contributed by atoms with Gasteiger partial charge in [-0.1, -0.05) is 60.7 Å². The van der Waals surface area contributed by atoms with Gasteiger partial charge in [-0.05, 0) is 52.7 Å². The number of rotatable bonds is 4. The van der Waals surface area contributed by atoms with Gasteiger partial charge in [-0.15, -0.1) is 0 Å². The Labute approximate surface area is 194 Å². The Bertz CT molecular complexity index is 1570. The first-order valence-corrected chi connectivity index (χ1v) is 13.6. The van der Waals surface area contributed by atoms with E-state index in [9.17, 15) is 16.8 Å². The molecule has 4 aromatic rings. The summed E-state index contributed by atoms with van der Waals surface area (Å²) in [5.74, 6) is 0. The van der Waals surface area contributed by atoms with Gasteiger partial charge in [0, 0.05) is 25.7 Å². The molecule has 4 aromatic carbocycles. The molecule has 0 unspecified atom stereocenters. The molecule has 0 N–H and O–H groups in total. The van der Waals surface area contributed by atoms with Gasteiger partial charge in [0.25, 0.3) is 0 Å². The van der Waals surface area contributed by atoms with E-state index in [4.69, 9.17) is 0 Å². The number of fused-ring (bicyclic) bond motifs is 2. The Balaban J connectivity index is 1.40. The Morgan fingerprint density at radius 2 is 1.12 bits per heavy atom. The molecule has 1 heterocycles. The van der Waals surface area contributed by atoms with E-state index >= 15 is 0 Å². The summed E-state index contributed by atoms with van der Waals surface area (Å²) in [4.78, 5) is 0.443. The molecule has 6 nitrogen and oxygen atoms in total. The van der Waals surface area contributed by atoms with Crippen LogP contribution in [0, 0.1) is 0 Å². The molecule has 0 amide bonds. The van der Waals surface area contributed by atoms with E-state index in [1.165, 1.54) is 8.61 Å². The van der Waals surface area contributed by atoms with E-state index in [0.29, 0.717) is 0 Å². The number of hydrogen-bond donors (Lipinski definition) is 0. The fourth-order valence-electron chi connectivity index (χ4n) is 4.42. The summed E-state index contributed by atoms with van der Waals surface area (Å²) in [7, 11) is -7.49. The van der Waals surface area contributed by atoms with Crippen molar-refractivity contribution in [2.45, 2.75) is 22.8 Å². The van der Waals surface area contributed by atoms with Crippen LogP contribution in [0.2, 0.25) is 0 Å². The third-order valence-electron chi connectivity index (χ3n) is 6.22. The summed E-state index contributed by atoms with van der Waals surface area (Å²) in [5.41, 5.74) is 0. The molecule has 1 atom stereocenters. The Hall–Kier alpha value is -2.78. The number of hydrogen-bond acceptors (Lipinski definition) is 4. The van der Waals surface area contributed by atoms with Crippen LogP contribution in [0.4, 0.5) is 0 Å². The molecule has 5 rings (SSSR count). The molecule has 0 radical (unpaired) electrons. The van der Waals surface area contributed by atoms with Crippen molar-refractivity contribution in [3.05, 3.63) is 84.9 Å². The number of piperazine rings is 1. The van der Waals surface area contributed by atoms with E-state index in [0.717, 1.165) is 21.5 Å². The van der Waals surface area contributed by atoms with Crippen LogP contribution in [0.3, 0.4) is 0 Å². The average molecular weight is 481 g/mol. The Morgan fingerprint density at radius 1 is 0.636 bits per heavy atom. The molecule has 0 bridgehead atoms. The quantitative estimate of drug-likeness (QED) is 0.441. The zero-order valence-corrected chi connectivity index (χ0v) is 19.8. The highest BCUT2D eigenvalue weighted by Gasteiger charge is 2.38. The molecule has 0 aromatic heterocycles. The summed E-state index contributed by atoms with van der Waals surface area (Å²) in [6.07, 6.45) is 0. The second-order valence-electron chi connectivity index (χ2n) is 8.35. The van der Waals surface area contributed by atoms with Gasteiger partial charge < -0.3 is 0 Å². The monoisotopic (exact) mass is 480 g/mol. The van der Waals surface area contributed by atoms with Gasteiger partial charge in [0.15, 0.2) is 0 Å². The van der Waals surface area contributed by atoms with Gasteiger partial charge >= 0.3 is 0 Å². The minimum atomic E-state index is -3.75. The lowest BCUT2D eigenvalue weighted by molar-refractivity contribution is 0.212. The number of benzene rings is 4. The minimum absolute atomic E-state index is 0.0992. The van der Waals surface area contributed by atoms with Gasteiger partial charge in [0.1, 0.15) is 0 Å². The standard InChI is InChI=1S/C25H24N2O4S2/c1-19-18-26(32(28,29)24-12-10-20-6-2-4-8-22(20)16-24)14-15-27(19)33(30,31)25-13-11-21-7-3-5-9-23(21)17-25/h2-13,16-17,19H,14-15,18H2,1H3/t19-/m1/s1. The third kappa shape index (κ3) is 3.93. The zero-order valence-electron chi connectivity index (χ0n) is 18.1. The SMILES string of the molecule is C[C@@H]1CN(S(=O)(=O)c2ccc3ccccc3c2)CCN1S(=O)(=O)c1ccc2ccccc2c1. The van der Waals surface area contributed by atoms with Gasteiger partial charge in [0.05, 0.1) is 9.79 Å². The molecule has 1 fully saturated rings. The van der Waals surface area contributed by atoms with Crippen LogP contribution in [0.1, 0.15) is 6.92 Å². The molecule has 0 saturated carbocycles. The lowest BCUT2D eigenvalue weighted by Gasteiger charge is -2.38. The van der Waals surface area contributed by atoms with Crippen LogP contribution in [-0.4, -0.2) is 51.1 Å². The summed E-state index contributed by atoms with van der Waals surface area (Å²) < 4.78 is 56.1. The second-order valence-corrected chi connectivity index (χ2v) is 12.2. The lowest BCUT2D eigenvalue weighted by Crippen LogP contribution is -2.55. The van der Waals surface area contributed by atoms with Gasteiger partial charge in [0.2, 0.25) is 20.0 Å². The highest BCUT2D eigenvalue weighted by Crippen LogP contribution is 2.28. The van der Waals surface area contributed by atoms with Crippen molar-refractivity contribution >= 4 is 41.6 Å². The lowest BCUT2D eigenvalue weighted by atomic mass is 10.1. The van der Waals surface area contributed by atoms with E-state index in [2.05, 4.69) is 0 Å². The number of sulfonamides is 2. The molecule has 0 spiro atoms. The Kier molecular flexibility index (Phi) is 5.49. The molecule has 1 aliphatic heterocycles. The molecule has 170 valence electrons. The van der Waals surface area contributed by atoms with Crippen LogP contribution in [0.5, 0.6) is 0 Å². The van der Waals surface area contributed by atoms with E-state index in [1.807, 2.05) is 48.5 Å². The van der Waals surface area contributed by atoms with Gasteiger partial charge in [-0.2, -0.15) is 8.61 Å². The van der Waals surface area contributed by atoms with Crippen molar-refractivity contribution in [1.82, 2.24) is 8.61 Å². The molecule has 0 aliphatic carbocycles. The largest absolute Gasteiger partial charge is 0.243 e. The second kappa shape index (κ2) is 8.22. The van der Waals surface area contributed by atoms with Gasteiger partial charge in [-0.25, -0.2) is 16.8 Å². The van der Waals surface area contributed by atoms with Crippen molar-refractivity contribution in [1.29, 1.82) is 0 Å². The average Bonchev–Trinajstić information content (AvgIpc) is 2.83. The van der Waals surface area contributed by atoms with Crippen LogP contribution in [0.25, 0.3) is 21.5 Å². The normalized spacial score (nSPS) is 18.6. The zero-order chi connectivity index (χ0) is 23.2. The Morgan fingerprint density at radius 3 is 1.64 bits per heavy atom. The smallest absolute Gasteiger partial charge is 0.207 e. The highest BCUT2D eigenvalue weighted by molar-refractivity contribution is 7.89. The first-order chi connectivity index (χ1) is 15.8. The first kappa shape index (κ1) is 22.0. The molecule has 1 aliphatic rings. The van der Waals surface area contributed by atoms with Crippen molar-refractivity contribution < 1.29 is 16.8 Å². The molecule has 33 heavy (non-hydrogen) atoms. The van der Waals surface area contributed by atoms with Crippen LogP contribution in [0.15, 0.2) is 94.7 Å². The van der Waals surface area contributed by atoms with Crippen LogP contribution >= 0.6 is 0 Å². The van der Waals surface area contributed by atoms with E-state index in [-0.39, 0.29) is 29.4 Å². The summed E-state index contributed by atoms with van der Waals surface area (Å²) in [6, 6.07) is 24.9. The minimum Gasteiger partial charge on any atom is -0.207 e. The number of nitrogens with zero attached hydrogens (tertiary/aromatic N) is 2. The summed E-state index contributed by atoms with van der Waals surface area (Å²) >= 11 is 0. The maximum absolute atomic E-state index is 13.4. The first-order valence-electron chi connectivity index (χ1n) is 10.8. The van der Waals surface area contributed by atoms with E-state index < -0.39 is 26.1 Å².